The maximum atomic E-state index is 11.7. The van der Waals surface area contributed by atoms with Gasteiger partial charge in [-0.3, -0.25) is 4.79 Å². The molecule has 24 heavy (non-hydrogen) atoms. The van der Waals surface area contributed by atoms with Crippen LogP contribution in [0.4, 0.5) is 11.6 Å². The summed E-state index contributed by atoms with van der Waals surface area (Å²) in [4.78, 5) is 24.9. The first-order valence-corrected chi connectivity index (χ1v) is 7.38. The quantitative estimate of drug-likeness (QED) is 0.790. The first-order valence-electron chi connectivity index (χ1n) is 6.62. The first-order chi connectivity index (χ1) is 11.2. The van der Waals surface area contributed by atoms with E-state index in [1.807, 2.05) is 0 Å². The summed E-state index contributed by atoms with van der Waals surface area (Å²) in [7, 11) is 4.61. The number of hydrogen-bond acceptors (Lipinski definition) is 6. The number of primary amides is 1. The van der Waals surface area contributed by atoms with Gasteiger partial charge >= 0.3 is 5.97 Å². The van der Waals surface area contributed by atoms with Gasteiger partial charge < -0.3 is 21.1 Å². The zero-order valence-corrected chi connectivity index (χ0v) is 14.6. The summed E-state index contributed by atoms with van der Waals surface area (Å²) in [6, 6.07) is 2.74. The minimum Gasteiger partial charge on any atom is -0.465 e. The third kappa shape index (κ3) is 2.98. The Hall–Kier alpha value is -2.45. The number of amides is 1. The number of ether oxygens (including phenoxy) is 1. The molecule has 1 amide bonds. The van der Waals surface area contributed by atoms with Crippen LogP contribution in [0.25, 0.3) is 5.69 Å². The third-order valence-corrected chi connectivity index (χ3v) is 3.80. The van der Waals surface area contributed by atoms with Gasteiger partial charge in [-0.2, -0.15) is 0 Å². The van der Waals surface area contributed by atoms with E-state index in [1.165, 1.54) is 23.9 Å². The van der Waals surface area contributed by atoms with E-state index in [4.69, 9.17) is 34.7 Å². The van der Waals surface area contributed by atoms with E-state index in [0.717, 1.165) is 0 Å². The number of methoxy groups -OCH3 is 1. The van der Waals surface area contributed by atoms with Crippen LogP contribution in [0.1, 0.15) is 20.7 Å². The lowest BCUT2D eigenvalue weighted by Crippen LogP contribution is -2.18. The van der Waals surface area contributed by atoms with Crippen LogP contribution < -0.4 is 16.4 Å². The normalized spacial score (nSPS) is 10.5. The Morgan fingerprint density at radius 1 is 1.25 bits per heavy atom. The van der Waals surface area contributed by atoms with Gasteiger partial charge in [-0.25, -0.2) is 9.48 Å². The molecule has 0 saturated carbocycles. The van der Waals surface area contributed by atoms with Crippen molar-refractivity contribution in [2.24, 2.45) is 5.73 Å². The van der Waals surface area contributed by atoms with Crippen LogP contribution in [-0.2, 0) is 4.74 Å². The number of nitrogen functional groups attached to an aromatic ring is 1. The molecular formula is C14H15Cl2N5O3. The van der Waals surface area contributed by atoms with E-state index >= 15 is 0 Å². The number of halogens is 2. The number of carbonyl (C=O) groups is 2. The lowest BCUT2D eigenvalue weighted by molar-refractivity contribution is 0.0600. The molecule has 1 aromatic heterocycles. The predicted molar refractivity (Wildman–Crippen MR) is 92.2 cm³/mol. The van der Waals surface area contributed by atoms with Crippen molar-refractivity contribution in [1.82, 2.24) is 9.78 Å². The van der Waals surface area contributed by atoms with Gasteiger partial charge in [0.25, 0.3) is 5.91 Å². The Morgan fingerprint density at radius 3 is 2.17 bits per heavy atom. The number of rotatable bonds is 4. The van der Waals surface area contributed by atoms with Crippen LogP contribution in [0.15, 0.2) is 12.1 Å². The molecule has 8 nitrogen and oxygen atoms in total. The van der Waals surface area contributed by atoms with E-state index < -0.39 is 11.9 Å². The molecule has 1 aromatic carbocycles. The van der Waals surface area contributed by atoms with Crippen molar-refractivity contribution < 1.29 is 14.3 Å². The van der Waals surface area contributed by atoms with E-state index in [0.29, 0.717) is 0 Å². The summed E-state index contributed by atoms with van der Waals surface area (Å²) in [5, 5.41) is 4.47. The molecule has 0 radical (unpaired) electrons. The van der Waals surface area contributed by atoms with E-state index in [9.17, 15) is 9.59 Å². The molecule has 2 aromatic rings. The molecule has 2 rings (SSSR count). The molecule has 0 aliphatic heterocycles. The van der Waals surface area contributed by atoms with Gasteiger partial charge in [0.2, 0.25) is 0 Å². The standard InChI is InChI=1S/C14H15Cl2N5O3/c1-20(2)13-9(12(18)22)11(17)21(19-13)10-7(15)4-6(5-8(10)16)14(23)24-3/h4-5H,17H2,1-3H3,(H2,18,22). The smallest absolute Gasteiger partial charge is 0.337 e. The van der Waals surface area contributed by atoms with Crippen molar-refractivity contribution in [1.29, 1.82) is 0 Å². The Bertz CT molecular complexity index is 809. The molecule has 0 aliphatic rings. The average molecular weight is 372 g/mol. The summed E-state index contributed by atoms with van der Waals surface area (Å²) in [5.74, 6) is -1.07. The largest absolute Gasteiger partial charge is 0.465 e. The minimum absolute atomic E-state index is 0.0131. The maximum Gasteiger partial charge on any atom is 0.337 e. The second-order valence-electron chi connectivity index (χ2n) is 5.03. The summed E-state index contributed by atoms with van der Waals surface area (Å²) in [6.45, 7) is 0. The van der Waals surface area contributed by atoms with E-state index in [1.54, 1.807) is 19.0 Å². The van der Waals surface area contributed by atoms with Crippen LogP contribution in [-0.4, -0.2) is 42.9 Å². The van der Waals surface area contributed by atoms with Crippen LogP contribution in [0.2, 0.25) is 10.0 Å². The molecule has 0 atom stereocenters. The lowest BCUT2D eigenvalue weighted by Gasteiger charge is -2.11. The Balaban J connectivity index is 2.71. The Kier molecular flexibility index (Phi) is 4.91. The number of hydrogen-bond donors (Lipinski definition) is 2. The first kappa shape index (κ1) is 17.9. The number of carbonyl (C=O) groups excluding carboxylic acids is 2. The van der Waals surface area contributed by atoms with Crippen molar-refractivity contribution in [2.45, 2.75) is 0 Å². The van der Waals surface area contributed by atoms with Crippen LogP contribution in [0.3, 0.4) is 0 Å². The highest BCUT2D eigenvalue weighted by Gasteiger charge is 2.25. The van der Waals surface area contributed by atoms with Gasteiger partial charge in [-0.05, 0) is 12.1 Å². The van der Waals surface area contributed by atoms with Crippen molar-refractivity contribution >= 4 is 46.7 Å². The van der Waals surface area contributed by atoms with Crippen molar-refractivity contribution in [3.63, 3.8) is 0 Å². The summed E-state index contributed by atoms with van der Waals surface area (Å²) >= 11 is 12.4. The summed E-state index contributed by atoms with van der Waals surface area (Å²) < 4.78 is 5.84. The molecule has 4 N–H and O–H groups in total. The van der Waals surface area contributed by atoms with Crippen molar-refractivity contribution in [3.8, 4) is 5.69 Å². The molecule has 0 bridgehead atoms. The second kappa shape index (κ2) is 6.58. The van der Waals surface area contributed by atoms with Gasteiger partial charge in [-0.15, -0.1) is 5.10 Å². The molecule has 1 heterocycles. The maximum absolute atomic E-state index is 11.7. The number of nitrogens with zero attached hydrogens (tertiary/aromatic N) is 3. The van der Waals surface area contributed by atoms with Crippen LogP contribution >= 0.6 is 23.2 Å². The predicted octanol–water partition coefficient (Wildman–Crippen LogP) is 1.71. The zero-order chi connectivity index (χ0) is 18.2. The fraction of sp³-hybridized carbons (Fsp3) is 0.214. The molecule has 10 heteroatoms. The molecule has 0 aliphatic carbocycles. The van der Waals surface area contributed by atoms with Gasteiger partial charge in [0.15, 0.2) is 5.82 Å². The van der Waals surface area contributed by atoms with Crippen LogP contribution in [0.5, 0.6) is 0 Å². The lowest BCUT2D eigenvalue weighted by atomic mass is 10.2. The third-order valence-electron chi connectivity index (χ3n) is 3.22. The number of anilines is 2. The van der Waals surface area contributed by atoms with Gasteiger partial charge in [-0.1, -0.05) is 23.2 Å². The molecule has 0 unspecified atom stereocenters. The number of esters is 1. The highest BCUT2D eigenvalue weighted by Crippen LogP contribution is 2.35. The van der Waals surface area contributed by atoms with E-state index in [2.05, 4.69) is 9.84 Å². The van der Waals surface area contributed by atoms with Crippen molar-refractivity contribution in [3.05, 3.63) is 33.3 Å². The molecule has 128 valence electrons. The number of benzene rings is 1. The highest BCUT2D eigenvalue weighted by atomic mass is 35.5. The molecular weight excluding hydrogens is 357 g/mol. The minimum atomic E-state index is -0.735. The number of aromatic nitrogens is 2. The molecule has 0 saturated heterocycles. The van der Waals surface area contributed by atoms with Crippen LogP contribution in [0, 0.1) is 0 Å². The van der Waals surface area contributed by atoms with Crippen molar-refractivity contribution in [2.75, 3.05) is 31.8 Å². The molecule has 0 spiro atoms. The molecule has 0 fully saturated rings. The average Bonchev–Trinajstić information content (AvgIpc) is 2.83. The second-order valence-corrected chi connectivity index (χ2v) is 5.85. The van der Waals surface area contributed by atoms with E-state index in [-0.39, 0.29) is 38.5 Å². The Morgan fingerprint density at radius 2 is 1.79 bits per heavy atom. The summed E-state index contributed by atoms with van der Waals surface area (Å²) in [6.07, 6.45) is 0. The monoisotopic (exact) mass is 371 g/mol. The van der Waals surface area contributed by atoms with Gasteiger partial charge in [0, 0.05) is 14.1 Å². The zero-order valence-electron chi connectivity index (χ0n) is 13.1. The SMILES string of the molecule is COC(=O)c1cc(Cl)c(-n2nc(N(C)C)c(C(N)=O)c2N)c(Cl)c1. The Labute approximate surface area is 147 Å². The topological polar surface area (TPSA) is 116 Å². The fourth-order valence-corrected chi connectivity index (χ4v) is 2.79. The highest BCUT2D eigenvalue weighted by molar-refractivity contribution is 6.38. The summed E-state index contributed by atoms with van der Waals surface area (Å²) in [5.41, 5.74) is 11.8. The van der Waals surface area contributed by atoms with Gasteiger partial charge in [0.1, 0.15) is 17.1 Å². The number of nitrogens with two attached hydrogens (primary N) is 2. The van der Waals surface area contributed by atoms with Gasteiger partial charge in [0.05, 0.1) is 22.7 Å². The fourth-order valence-electron chi connectivity index (χ4n) is 2.14.